The molecule has 0 radical (unpaired) electrons. The van der Waals surface area contributed by atoms with Gasteiger partial charge in [-0.25, -0.2) is 4.39 Å². The molecule has 86 valence electrons. The van der Waals surface area contributed by atoms with Crippen molar-refractivity contribution in [2.45, 2.75) is 44.4 Å². The van der Waals surface area contributed by atoms with Crippen molar-refractivity contribution in [1.29, 1.82) is 0 Å². The fourth-order valence-electron chi connectivity index (χ4n) is 2.56. The Balaban J connectivity index is 2.39. The topological polar surface area (TPSA) is 17.1 Å². The summed E-state index contributed by atoms with van der Waals surface area (Å²) < 4.78 is 13.5. The Hall–Kier alpha value is -1.18. The largest absolute Gasteiger partial charge is 0.302 e. The molecule has 1 aliphatic carbocycles. The number of carbonyl (C=O) groups is 1. The van der Waals surface area contributed by atoms with E-state index in [0.717, 1.165) is 37.5 Å². The number of hydrogen-bond donors (Lipinski definition) is 0. The van der Waals surface area contributed by atoms with Gasteiger partial charge in [-0.05, 0) is 37.0 Å². The second-order valence-corrected chi connectivity index (χ2v) is 4.80. The summed E-state index contributed by atoms with van der Waals surface area (Å²) in [6.45, 7) is 1.74. The Labute approximate surface area is 95.7 Å². The maximum atomic E-state index is 13.5. The number of hydrogen-bond acceptors (Lipinski definition) is 1. The molecule has 0 heterocycles. The number of rotatable bonds is 2. The first kappa shape index (κ1) is 11.3. The lowest BCUT2D eigenvalue weighted by molar-refractivity contribution is -0.113. The molecule has 1 nitrogen and oxygen atoms in total. The van der Waals surface area contributed by atoms with Crippen LogP contribution in [0.3, 0.4) is 0 Å². The quantitative estimate of drug-likeness (QED) is 0.697. The Morgan fingerprint density at radius 1 is 1.25 bits per heavy atom. The fraction of sp³-hybridized carbons (Fsp3) is 0.500. The van der Waals surface area contributed by atoms with E-state index < -0.39 is 5.41 Å². The lowest BCUT2D eigenvalue weighted by Crippen LogP contribution is -2.30. The minimum atomic E-state index is -0.424. The van der Waals surface area contributed by atoms with Crippen LogP contribution < -0.4 is 0 Å². The molecule has 2 heteroatoms. The van der Waals surface area contributed by atoms with Crippen molar-refractivity contribution >= 4 is 6.29 Å². The van der Waals surface area contributed by atoms with E-state index in [1.165, 1.54) is 12.5 Å². The zero-order chi connectivity index (χ0) is 11.6. The fourth-order valence-corrected chi connectivity index (χ4v) is 2.56. The highest BCUT2D eigenvalue weighted by Gasteiger charge is 2.33. The number of aldehydes is 1. The van der Waals surface area contributed by atoms with Crippen LogP contribution in [0.25, 0.3) is 0 Å². The van der Waals surface area contributed by atoms with Crippen molar-refractivity contribution in [3.8, 4) is 0 Å². The van der Waals surface area contributed by atoms with Gasteiger partial charge in [-0.2, -0.15) is 0 Å². The van der Waals surface area contributed by atoms with Gasteiger partial charge in [-0.3, -0.25) is 0 Å². The van der Waals surface area contributed by atoms with Crippen molar-refractivity contribution in [1.82, 2.24) is 0 Å². The first-order valence-electron chi connectivity index (χ1n) is 5.91. The molecule has 1 aromatic rings. The molecular formula is C14H17FO. The summed E-state index contributed by atoms with van der Waals surface area (Å²) in [5.41, 5.74) is 1.07. The number of benzene rings is 1. The van der Waals surface area contributed by atoms with Crippen molar-refractivity contribution in [3.63, 3.8) is 0 Å². The highest BCUT2D eigenvalue weighted by Crippen LogP contribution is 2.38. The molecule has 0 saturated heterocycles. The van der Waals surface area contributed by atoms with Gasteiger partial charge in [0, 0.05) is 0 Å². The highest BCUT2D eigenvalue weighted by molar-refractivity contribution is 5.69. The minimum Gasteiger partial charge on any atom is -0.302 e. The zero-order valence-corrected chi connectivity index (χ0v) is 9.63. The van der Waals surface area contributed by atoms with Crippen LogP contribution in [0.4, 0.5) is 4.39 Å². The van der Waals surface area contributed by atoms with Gasteiger partial charge in [0.05, 0.1) is 5.41 Å². The average Bonchev–Trinajstić information content (AvgIpc) is 2.33. The van der Waals surface area contributed by atoms with Gasteiger partial charge < -0.3 is 4.79 Å². The van der Waals surface area contributed by atoms with E-state index in [4.69, 9.17) is 0 Å². The normalized spacial score (nSPS) is 19.4. The Bertz CT molecular complexity index is 392. The summed E-state index contributed by atoms with van der Waals surface area (Å²) >= 11 is 0. The smallest absolute Gasteiger partial charge is 0.130 e. The molecule has 0 unspecified atom stereocenters. The van der Waals surface area contributed by atoms with E-state index in [2.05, 4.69) is 0 Å². The monoisotopic (exact) mass is 220 g/mol. The van der Waals surface area contributed by atoms with Crippen molar-refractivity contribution in [2.24, 2.45) is 0 Å². The van der Waals surface area contributed by atoms with Gasteiger partial charge in [-0.1, -0.05) is 31.4 Å². The zero-order valence-electron chi connectivity index (χ0n) is 9.63. The van der Waals surface area contributed by atoms with E-state index in [1.807, 2.05) is 6.07 Å². The number of aryl methyl sites for hydroxylation is 1. The maximum Gasteiger partial charge on any atom is 0.130 e. The van der Waals surface area contributed by atoms with Crippen LogP contribution in [0.5, 0.6) is 0 Å². The molecule has 0 spiro atoms. The van der Waals surface area contributed by atoms with Crippen molar-refractivity contribution < 1.29 is 9.18 Å². The molecule has 0 bridgehead atoms. The number of halogens is 1. The second kappa shape index (κ2) is 4.36. The molecule has 0 aromatic heterocycles. The molecule has 2 rings (SSSR count). The van der Waals surface area contributed by atoms with E-state index in [0.29, 0.717) is 5.56 Å². The Morgan fingerprint density at radius 2 is 1.94 bits per heavy atom. The molecule has 0 aliphatic heterocycles. The van der Waals surface area contributed by atoms with Crippen molar-refractivity contribution in [3.05, 3.63) is 35.1 Å². The van der Waals surface area contributed by atoms with Gasteiger partial charge in [0.1, 0.15) is 12.1 Å². The van der Waals surface area contributed by atoms with Crippen LogP contribution in [0, 0.1) is 12.7 Å². The lowest BCUT2D eigenvalue weighted by atomic mass is 9.70. The molecule has 1 fully saturated rings. The maximum absolute atomic E-state index is 13.5. The minimum absolute atomic E-state index is 0.204. The van der Waals surface area contributed by atoms with Crippen LogP contribution in [-0.4, -0.2) is 6.29 Å². The second-order valence-electron chi connectivity index (χ2n) is 4.80. The van der Waals surface area contributed by atoms with Crippen molar-refractivity contribution in [2.75, 3.05) is 0 Å². The summed E-state index contributed by atoms with van der Waals surface area (Å²) in [5, 5.41) is 0. The van der Waals surface area contributed by atoms with E-state index in [9.17, 15) is 9.18 Å². The predicted molar refractivity (Wildman–Crippen MR) is 62.0 cm³/mol. The first-order valence-corrected chi connectivity index (χ1v) is 5.91. The number of carbonyl (C=O) groups excluding carboxylic acids is 1. The molecule has 1 saturated carbocycles. The van der Waals surface area contributed by atoms with Gasteiger partial charge in [0.25, 0.3) is 0 Å². The highest BCUT2D eigenvalue weighted by atomic mass is 19.1. The van der Waals surface area contributed by atoms with E-state index in [-0.39, 0.29) is 5.82 Å². The lowest BCUT2D eigenvalue weighted by Gasteiger charge is -2.32. The summed E-state index contributed by atoms with van der Waals surface area (Å²) in [7, 11) is 0. The third kappa shape index (κ3) is 1.89. The van der Waals surface area contributed by atoms with Crippen LogP contribution in [0.2, 0.25) is 0 Å². The SMILES string of the molecule is Cc1ccc(C2(C=O)CCCCC2)cc1F. The third-order valence-corrected chi connectivity index (χ3v) is 3.72. The van der Waals surface area contributed by atoms with E-state index >= 15 is 0 Å². The predicted octanol–water partition coefficient (Wildman–Crippen LogP) is 3.53. The Kier molecular flexibility index (Phi) is 3.08. The van der Waals surface area contributed by atoms with Gasteiger partial charge in [-0.15, -0.1) is 0 Å². The third-order valence-electron chi connectivity index (χ3n) is 3.72. The summed E-state index contributed by atoms with van der Waals surface area (Å²) in [4.78, 5) is 11.4. The van der Waals surface area contributed by atoms with E-state index in [1.54, 1.807) is 13.0 Å². The molecule has 0 N–H and O–H groups in total. The van der Waals surface area contributed by atoms with Crippen LogP contribution in [0.1, 0.15) is 43.2 Å². The van der Waals surface area contributed by atoms with Gasteiger partial charge in [0.15, 0.2) is 0 Å². The van der Waals surface area contributed by atoms with Crippen LogP contribution >= 0.6 is 0 Å². The average molecular weight is 220 g/mol. The Morgan fingerprint density at radius 3 is 2.50 bits per heavy atom. The molecule has 0 atom stereocenters. The van der Waals surface area contributed by atoms with Crippen LogP contribution in [0.15, 0.2) is 18.2 Å². The standard InChI is InChI=1S/C14H17FO/c1-11-5-6-12(9-13(11)15)14(10-16)7-3-2-4-8-14/h5-6,9-10H,2-4,7-8H2,1H3. The molecular weight excluding hydrogens is 203 g/mol. The molecule has 1 aromatic carbocycles. The van der Waals surface area contributed by atoms with Crippen LogP contribution in [-0.2, 0) is 10.2 Å². The molecule has 0 amide bonds. The van der Waals surface area contributed by atoms with Gasteiger partial charge >= 0.3 is 0 Å². The molecule has 1 aliphatic rings. The van der Waals surface area contributed by atoms with Gasteiger partial charge in [0.2, 0.25) is 0 Å². The summed E-state index contributed by atoms with van der Waals surface area (Å²) in [6.07, 6.45) is 6.06. The summed E-state index contributed by atoms with van der Waals surface area (Å²) in [5.74, 6) is -0.204. The summed E-state index contributed by atoms with van der Waals surface area (Å²) in [6, 6.07) is 5.21. The molecule has 16 heavy (non-hydrogen) atoms. The first-order chi connectivity index (χ1) is 7.68.